The first-order valence-electron chi connectivity index (χ1n) is 6.62. The van der Waals surface area contributed by atoms with Gasteiger partial charge in [-0.3, -0.25) is 0 Å². The minimum absolute atomic E-state index is 0.0810. The van der Waals surface area contributed by atoms with E-state index < -0.39 is 17.8 Å². The zero-order valence-electron chi connectivity index (χ0n) is 11.8. The molecule has 1 heterocycles. The van der Waals surface area contributed by atoms with Crippen LogP contribution in [0.1, 0.15) is 18.2 Å². The quantitative estimate of drug-likeness (QED) is 0.895. The first kappa shape index (κ1) is 15.9. The molecule has 0 saturated carbocycles. The number of hydrogen-bond donors (Lipinski definition) is 2. The Kier molecular flexibility index (Phi) is 4.75. The van der Waals surface area contributed by atoms with Crippen LogP contribution < -0.4 is 10.6 Å². The SMILES string of the molecule is C[C@@H](Cc1ccco1)NC(=O)Nc1cccc(C(F)(F)F)c1. The van der Waals surface area contributed by atoms with Gasteiger partial charge in [0.2, 0.25) is 0 Å². The molecule has 0 saturated heterocycles. The molecule has 0 fully saturated rings. The number of carbonyl (C=O) groups excluding carboxylic acids is 1. The average Bonchev–Trinajstić information content (AvgIpc) is 2.90. The van der Waals surface area contributed by atoms with Crippen molar-refractivity contribution in [2.24, 2.45) is 0 Å². The zero-order valence-corrected chi connectivity index (χ0v) is 11.8. The van der Waals surface area contributed by atoms with E-state index in [1.165, 1.54) is 18.4 Å². The number of amides is 2. The Balaban J connectivity index is 1.91. The number of carbonyl (C=O) groups is 1. The molecule has 0 bridgehead atoms. The fraction of sp³-hybridized carbons (Fsp3) is 0.267. The predicted molar refractivity (Wildman–Crippen MR) is 75.5 cm³/mol. The molecule has 1 aromatic heterocycles. The smallest absolute Gasteiger partial charge is 0.416 e. The molecule has 118 valence electrons. The van der Waals surface area contributed by atoms with Crippen molar-refractivity contribution in [1.82, 2.24) is 5.32 Å². The maximum Gasteiger partial charge on any atom is 0.416 e. The van der Waals surface area contributed by atoms with Crippen molar-refractivity contribution in [3.63, 3.8) is 0 Å². The lowest BCUT2D eigenvalue weighted by Crippen LogP contribution is -2.37. The molecule has 2 aromatic rings. The number of halogens is 3. The number of rotatable bonds is 4. The van der Waals surface area contributed by atoms with Crippen LogP contribution in [0.25, 0.3) is 0 Å². The van der Waals surface area contributed by atoms with Crippen LogP contribution >= 0.6 is 0 Å². The van der Waals surface area contributed by atoms with E-state index >= 15 is 0 Å². The summed E-state index contributed by atoms with van der Waals surface area (Å²) < 4.78 is 42.9. The van der Waals surface area contributed by atoms with Crippen LogP contribution in [0.3, 0.4) is 0 Å². The number of hydrogen-bond acceptors (Lipinski definition) is 2. The largest absolute Gasteiger partial charge is 0.469 e. The summed E-state index contributed by atoms with van der Waals surface area (Å²) in [6.45, 7) is 1.77. The molecule has 0 aliphatic rings. The summed E-state index contributed by atoms with van der Waals surface area (Å²) in [6, 6.07) is 7.19. The molecule has 2 amide bonds. The summed E-state index contributed by atoms with van der Waals surface area (Å²) in [7, 11) is 0. The summed E-state index contributed by atoms with van der Waals surface area (Å²) in [5.74, 6) is 0.715. The van der Waals surface area contributed by atoms with Gasteiger partial charge in [0.1, 0.15) is 5.76 Å². The Bertz CT molecular complexity index is 624. The number of urea groups is 1. The number of furan rings is 1. The van der Waals surface area contributed by atoms with Crippen molar-refractivity contribution in [2.75, 3.05) is 5.32 Å². The zero-order chi connectivity index (χ0) is 16.2. The van der Waals surface area contributed by atoms with Crippen LogP contribution in [0.15, 0.2) is 47.1 Å². The summed E-state index contributed by atoms with van der Waals surface area (Å²) in [5, 5.41) is 5.02. The van der Waals surface area contributed by atoms with Crippen LogP contribution in [0.5, 0.6) is 0 Å². The summed E-state index contributed by atoms with van der Waals surface area (Å²) in [6.07, 6.45) is -2.42. The fourth-order valence-corrected chi connectivity index (χ4v) is 1.95. The van der Waals surface area contributed by atoms with E-state index in [1.807, 2.05) is 0 Å². The van der Waals surface area contributed by atoms with Crippen molar-refractivity contribution < 1.29 is 22.4 Å². The molecule has 0 aliphatic carbocycles. The summed E-state index contributed by atoms with van der Waals surface area (Å²) >= 11 is 0. The molecule has 0 spiro atoms. The van der Waals surface area contributed by atoms with Gasteiger partial charge in [-0.15, -0.1) is 0 Å². The van der Waals surface area contributed by atoms with E-state index in [9.17, 15) is 18.0 Å². The first-order valence-corrected chi connectivity index (χ1v) is 6.62. The molecule has 0 unspecified atom stereocenters. The van der Waals surface area contributed by atoms with Gasteiger partial charge in [0.25, 0.3) is 0 Å². The molecule has 22 heavy (non-hydrogen) atoms. The highest BCUT2D eigenvalue weighted by atomic mass is 19.4. The highest BCUT2D eigenvalue weighted by molar-refractivity contribution is 5.89. The van der Waals surface area contributed by atoms with Crippen molar-refractivity contribution >= 4 is 11.7 Å². The monoisotopic (exact) mass is 312 g/mol. The molecule has 0 radical (unpaired) electrons. The van der Waals surface area contributed by atoms with Crippen LogP contribution in [0.4, 0.5) is 23.7 Å². The average molecular weight is 312 g/mol. The highest BCUT2D eigenvalue weighted by Crippen LogP contribution is 2.30. The Morgan fingerprint density at radius 2 is 2.05 bits per heavy atom. The van der Waals surface area contributed by atoms with Gasteiger partial charge in [-0.25, -0.2) is 4.79 Å². The second-order valence-corrected chi connectivity index (χ2v) is 4.86. The van der Waals surface area contributed by atoms with Gasteiger partial charge in [0.05, 0.1) is 11.8 Å². The van der Waals surface area contributed by atoms with Gasteiger partial charge in [-0.05, 0) is 37.3 Å². The van der Waals surface area contributed by atoms with Gasteiger partial charge in [0, 0.05) is 18.2 Å². The highest BCUT2D eigenvalue weighted by Gasteiger charge is 2.30. The fourth-order valence-electron chi connectivity index (χ4n) is 1.95. The second-order valence-electron chi connectivity index (χ2n) is 4.86. The molecule has 0 aliphatic heterocycles. The van der Waals surface area contributed by atoms with Crippen LogP contribution in [-0.4, -0.2) is 12.1 Å². The van der Waals surface area contributed by atoms with Crippen LogP contribution in [0.2, 0.25) is 0 Å². The van der Waals surface area contributed by atoms with E-state index in [-0.39, 0.29) is 11.7 Å². The van der Waals surface area contributed by atoms with E-state index in [4.69, 9.17) is 4.42 Å². The third-order valence-corrected chi connectivity index (χ3v) is 2.91. The standard InChI is InChI=1S/C15H15F3N2O2/c1-10(8-13-6-3-7-22-13)19-14(21)20-12-5-2-4-11(9-12)15(16,17)18/h2-7,9-10H,8H2,1H3,(H2,19,20,21)/t10-/m0/s1. The molecule has 1 atom stereocenters. The van der Waals surface area contributed by atoms with E-state index in [0.29, 0.717) is 12.2 Å². The summed E-state index contributed by atoms with van der Waals surface area (Å²) in [5.41, 5.74) is -0.730. The number of nitrogens with one attached hydrogen (secondary N) is 2. The topological polar surface area (TPSA) is 54.3 Å². The van der Waals surface area contributed by atoms with E-state index in [1.54, 1.807) is 19.1 Å². The Morgan fingerprint density at radius 1 is 1.27 bits per heavy atom. The van der Waals surface area contributed by atoms with Gasteiger partial charge in [-0.2, -0.15) is 13.2 Å². The van der Waals surface area contributed by atoms with Crippen molar-refractivity contribution in [2.45, 2.75) is 25.6 Å². The minimum atomic E-state index is -4.44. The van der Waals surface area contributed by atoms with Gasteiger partial charge >= 0.3 is 12.2 Å². The van der Waals surface area contributed by atoms with Crippen molar-refractivity contribution in [1.29, 1.82) is 0 Å². The Hall–Kier alpha value is -2.44. The first-order chi connectivity index (χ1) is 10.3. The molecule has 4 nitrogen and oxygen atoms in total. The molecule has 7 heteroatoms. The normalized spacial score (nSPS) is 12.7. The third-order valence-electron chi connectivity index (χ3n) is 2.91. The van der Waals surface area contributed by atoms with E-state index in [2.05, 4.69) is 10.6 Å². The molecular formula is C15H15F3N2O2. The second kappa shape index (κ2) is 6.55. The Morgan fingerprint density at radius 3 is 2.68 bits per heavy atom. The maximum absolute atomic E-state index is 12.6. The number of alkyl halides is 3. The van der Waals surface area contributed by atoms with Crippen LogP contribution in [0, 0.1) is 0 Å². The minimum Gasteiger partial charge on any atom is -0.469 e. The predicted octanol–water partition coefficient (Wildman–Crippen LogP) is 4.05. The lowest BCUT2D eigenvalue weighted by molar-refractivity contribution is -0.137. The molecule has 1 aromatic carbocycles. The molecule has 2 rings (SSSR count). The number of benzene rings is 1. The van der Waals surface area contributed by atoms with Gasteiger partial charge in [0.15, 0.2) is 0 Å². The van der Waals surface area contributed by atoms with Crippen molar-refractivity contribution in [3.05, 3.63) is 54.0 Å². The summed E-state index contributed by atoms with van der Waals surface area (Å²) in [4.78, 5) is 11.8. The lowest BCUT2D eigenvalue weighted by Gasteiger charge is -2.14. The third kappa shape index (κ3) is 4.54. The van der Waals surface area contributed by atoms with Gasteiger partial charge in [-0.1, -0.05) is 6.07 Å². The maximum atomic E-state index is 12.6. The number of anilines is 1. The van der Waals surface area contributed by atoms with E-state index in [0.717, 1.165) is 12.1 Å². The molecular weight excluding hydrogens is 297 g/mol. The lowest BCUT2D eigenvalue weighted by atomic mass is 10.2. The van der Waals surface area contributed by atoms with Crippen LogP contribution in [-0.2, 0) is 12.6 Å². The Labute approximate surface area is 125 Å². The van der Waals surface area contributed by atoms with Crippen molar-refractivity contribution in [3.8, 4) is 0 Å². The van der Waals surface area contributed by atoms with Gasteiger partial charge < -0.3 is 15.1 Å². The molecule has 2 N–H and O–H groups in total.